The van der Waals surface area contributed by atoms with Gasteiger partial charge in [0.2, 0.25) is 0 Å². The highest BCUT2D eigenvalue weighted by Crippen LogP contribution is 2.33. The Kier molecular flexibility index (Phi) is 3.21. The van der Waals surface area contributed by atoms with Crippen molar-refractivity contribution in [2.45, 2.75) is 0 Å². The minimum atomic E-state index is -0.511. The van der Waals surface area contributed by atoms with Gasteiger partial charge in [-0.05, 0) is 18.2 Å². The number of fused-ring (bicyclic) bond motifs is 1. The van der Waals surface area contributed by atoms with E-state index in [-0.39, 0.29) is 10.7 Å². The lowest BCUT2D eigenvalue weighted by molar-refractivity contribution is -0.384. The Morgan fingerprint density at radius 1 is 1.15 bits per heavy atom. The van der Waals surface area contributed by atoms with Crippen LogP contribution in [-0.2, 0) is 0 Å². The van der Waals surface area contributed by atoms with Crippen LogP contribution in [0.3, 0.4) is 0 Å². The second-order valence-electron chi connectivity index (χ2n) is 3.89. The molecule has 0 amide bonds. The van der Waals surface area contributed by atoms with Crippen molar-refractivity contribution in [3.8, 4) is 11.5 Å². The van der Waals surface area contributed by atoms with Crippen molar-refractivity contribution in [2.75, 3.05) is 0 Å². The lowest BCUT2D eigenvalue weighted by Gasteiger charge is -2.07. The van der Waals surface area contributed by atoms with Gasteiger partial charge in [0.1, 0.15) is 22.5 Å². The molecule has 0 spiro atoms. The van der Waals surface area contributed by atoms with Crippen LogP contribution >= 0.6 is 23.3 Å². The van der Waals surface area contributed by atoms with Crippen molar-refractivity contribution in [1.82, 2.24) is 8.75 Å². The zero-order valence-corrected chi connectivity index (χ0v) is 11.4. The molecular formula is C12H6ClN3O3S. The third kappa shape index (κ3) is 2.40. The van der Waals surface area contributed by atoms with Crippen LogP contribution in [0.4, 0.5) is 5.69 Å². The van der Waals surface area contributed by atoms with Crippen molar-refractivity contribution >= 4 is 40.0 Å². The summed E-state index contributed by atoms with van der Waals surface area (Å²) in [4.78, 5) is 10.1. The molecule has 6 nitrogen and oxygen atoms in total. The van der Waals surface area contributed by atoms with Gasteiger partial charge in [0, 0.05) is 18.2 Å². The summed E-state index contributed by atoms with van der Waals surface area (Å²) in [5.74, 6) is 0.890. The Bertz CT molecular complexity index is 805. The van der Waals surface area contributed by atoms with Crippen molar-refractivity contribution in [3.05, 3.63) is 51.5 Å². The lowest BCUT2D eigenvalue weighted by Crippen LogP contribution is -1.90. The molecule has 0 saturated heterocycles. The van der Waals surface area contributed by atoms with Crippen molar-refractivity contribution in [3.63, 3.8) is 0 Å². The van der Waals surface area contributed by atoms with E-state index in [1.807, 2.05) is 0 Å². The quantitative estimate of drug-likeness (QED) is 0.539. The molecule has 1 aromatic heterocycles. The first-order chi connectivity index (χ1) is 9.63. The summed E-state index contributed by atoms with van der Waals surface area (Å²) in [5.41, 5.74) is 1.43. The molecule has 20 heavy (non-hydrogen) atoms. The maximum Gasteiger partial charge on any atom is 0.271 e. The number of nitro groups is 1. The fourth-order valence-electron chi connectivity index (χ4n) is 1.64. The van der Waals surface area contributed by atoms with E-state index in [2.05, 4.69) is 8.75 Å². The maximum atomic E-state index is 10.6. The van der Waals surface area contributed by atoms with Gasteiger partial charge in [-0.1, -0.05) is 11.6 Å². The van der Waals surface area contributed by atoms with E-state index in [1.54, 1.807) is 18.2 Å². The van der Waals surface area contributed by atoms with E-state index >= 15 is 0 Å². The Morgan fingerprint density at radius 2 is 1.95 bits per heavy atom. The Hall–Kier alpha value is -2.25. The third-order valence-electron chi connectivity index (χ3n) is 2.58. The molecule has 0 aliphatic rings. The average Bonchev–Trinajstić information content (AvgIpc) is 2.88. The molecule has 0 fully saturated rings. The van der Waals surface area contributed by atoms with Gasteiger partial charge in [0.15, 0.2) is 0 Å². The van der Waals surface area contributed by atoms with E-state index in [0.29, 0.717) is 11.5 Å². The number of nitrogens with zero attached hydrogens (tertiary/aromatic N) is 3. The average molecular weight is 308 g/mol. The van der Waals surface area contributed by atoms with Crippen LogP contribution in [-0.4, -0.2) is 13.7 Å². The van der Waals surface area contributed by atoms with E-state index in [0.717, 1.165) is 22.8 Å². The topological polar surface area (TPSA) is 78.2 Å². The molecule has 0 atom stereocenters. The molecule has 0 bridgehead atoms. The van der Waals surface area contributed by atoms with Crippen LogP contribution in [0.25, 0.3) is 11.0 Å². The largest absolute Gasteiger partial charge is 0.456 e. The molecule has 0 aliphatic carbocycles. The molecule has 2 aromatic carbocycles. The standard InChI is InChI=1S/C12H6ClN3O3S/c13-9-5-7(16(17)18)1-4-12(9)19-8-2-3-10-11(6-8)15-20-14-10/h1-6H. The number of non-ortho nitro benzene ring substituents is 1. The first kappa shape index (κ1) is 12.8. The summed E-state index contributed by atoms with van der Waals surface area (Å²) in [6.07, 6.45) is 0. The molecule has 3 rings (SSSR count). The maximum absolute atomic E-state index is 10.6. The number of nitro benzene ring substituents is 1. The van der Waals surface area contributed by atoms with Gasteiger partial charge in [0.25, 0.3) is 5.69 Å². The Balaban J connectivity index is 1.92. The van der Waals surface area contributed by atoms with Gasteiger partial charge in [-0.15, -0.1) is 0 Å². The summed E-state index contributed by atoms with van der Waals surface area (Å²) in [6, 6.07) is 9.30. The van der Waals surface area contributed by atoms with Crippen molar-refractivity contribution in [1.29, 1.82) is 0 Å². The first-order valence-electron chi connectivity index (χ1n) is 5.47. The highest BCUT2D eigenvalue weighted by atomic mass is 35.5. The molecule has 3 aromatic rings. The third-order valence-corrected chi connectivity index (χ3v) is 3.43. The summed E-state index contributed by atoms with van der Waals surface area (Å²) in [5, 5.41) is 10.8. The predicted molar refractivity (Wildman–Crippen MR) is 75.6 cm³/mol. The minimum absolute atomic E-state index is 0.0819. The molecule has 0 saturated carbocycles. The Labute approximate surface area is 122 Å². The highest BCUT2D eigenvalue weighted by molar-refractivity contribution is 7.00. The summed E-state index contributed by atoms with van der Waals surface area (Å²) in [7, 11) is 0. The number of benzene rings is 2. The molecule has 0 unspecified atom stereocenters. The van der Waals surface area contributed by atoms with Crippen molar-refractivity contribution in [2.24, 2.45) is 0 Å². The zero-order chi connectivity index (χ0) is 14.1. The second kappa shape index (κ2) is 5.03. The van der Waals surface area contributed by atoms with Crippen LogP contribution in [0.15, 0.2) is 36.4 Å². The molecule has 0 aliphatic heterocycles. The molecule has 0 radical (unpaired) electrons. The zero-order valence-electron chi connectivity index (χ0n) is 9.82. The van der Waals surface area contributed by atoms with Gasteiger partial charge >= 0.3 is 0 Å². The fraction of sp³-hybridized carbons (Fsp3) is 0. The molecular weight excluding hydrogens is 302 g/mol. The Morgan fingerprint density at radius 3 is 2.70 bits per heavy atom. The van der Waals surface area contributed by atoms with E-state index in [4.69, 9.17) is 16.3 Å². The first-order valence-corrected chi connectivity index (χ1v) is 6.58. The number of rotatable bonds is 3. The fourth-order valence-corrected chi connectivity index (χ4v) is 2.37. The molecule has 100 valence electrons. The number of ether oxygens (including phenoxy) is 1. The number of halogens is 1. The van der Waals surface area contributed by atoms with E-state index < -0.39 is 4.92 Å². The normalized spacial score (nSPS) is 10.7. The summed E-state index contributed by atoms with van der Waals surface area (Å²) < 4.78 is 13.8. The predicted octanol–water partition coefficient (Wildman–Crippen LogP) is 4.05. The van der Waals surface area contributed by atoms with Crippen LogP contribution in [0.1, 0.15) is 0 Å². The molecule has 0 N–H and O–H groups in total. The van der Waals surface area contributed by atoms with Gasteiger partial charge in [-0.25, -0.2) is 0 Å². The number of hydrogen-bond donors (Lipinski definition) is 0. The lowest BCUT2D eigenvalue weighted by atomic mass is 10.3. The minimum Gasteiger partial charge on any atom is -0.456 e. The van der Waals surface area contributed by atoms with E-state index in [9.17, 15) is 10.1 Å². The SMILES string of the molecule is O=[N+]([O-])c1ccc(Oc2ccc3nsnc3c2)c(Cl)c1. The van der Waals surface area contributed by atoms with Crippen LogP contribution in [0, 0.1) is 10.1 Å². The summed E-state index contributed by atoms with van der Waals surface area (Å²) >= 11 is 7.08. The highest BCUT2D eigenvalue weighted by Gasteiger charge is 2.11. The number of hydrogen-bond acceptors (Lipinski definition) is 6. The van der Waals surface area contributed by atoms with Crippen LogP contribution in [0.2, 0.25) is 5.02 Å². The molecule has 8 heteroatoms. The van der Waals surface area contributed by atoms with Crippen LogP contribution < -0.4 is 4.74 Å². The smallest absolute Gasteiger partial charge is 0.271 e. The monoisotopic (exact) mass is 307 g/mol. The summed E-state index contributed by atoms with van der Waals surface area (Å²) in [6.45, 7) is 0. The van der Waals surface area contributed by atoms with Gasteiger partial charge in [-0.2, -0.15) is 8.75 Å². The van der Waals surface area contributed by atoms with Gasteiger partial charge < -0.3 is 4.74 Å². The van der Waals surface area contributed by atoms with Crippen LogP contribution in [0.5, 0.6) is 11.5 Å². The van der Waals surface area contributed by atoms with Gasteiger partial charge in [-0.3, -0.25) is 10.1 Å². The number of aromatic nitrogens is 2. The van der Waals surface area contributed by atoms with Gasteiger partial charge in [0.05, 0.1) is 21.7 Å². The molecule has 1 heterocycles. The van der Waals surface area contributed by atoms with Crippen molar-refractivity contribution < 1.29 is 9.66 Å². The van der Waals surface area contributed by atoms with E-state index in [1.165, 1.54) is 18.2 Å². The second-order valence-corrected chi connectivity index (χ2v) is 4.82.